The number of thiophene rings is 1. The Labute approximate surface area is 128 Å². The van der Waals surface area contributed by atoms with Crippen molar-refractivity contribution >= 4 is 39.6 Å². The summed E-state index contributed by atoms with van der Waals surface area (Å²) in [5.74, 6) is 0.0876. The standard InChI is InChI=1S/C14H22N2O2S2/c1-8(2)11(17)12-10(15)13(19-3)14(20-12)16-7-9-5-4-6-18-9/h8-9,16H,4-7,15H2,1-3H3. The monoisotopic (exact) mass is 314 g/mol. The molecule has 20 heavy (non-hydrogen) atoms. The summed E-state index contributed by atoms with van der Waals surface area (Å²) in [6, 6.07) is 0. The first-order valence-electron chi connectivity index (χ1n) is 6.90. The number of ether oxygens (including phenoxy) is 1. The van der Waals surface area contributed by atoms with Gasteiger partial charge in [0, 0.05) is 19.1 Å². The summed E-state index contributed by atoms with van der Waals surface area (Å²) in [6.07, 6.45) is 4.49. The average molecular weight is 314 g/mol. The fourth-order valence-corrected chi connectivity index (χ4v) is 4.33. The normalized spacial score (nSPS) is 18.7. The predicted molar refractivity (Wildman–Crippen MR) is 87.1 cm³/mol. The molecule has 1 aromatic heterocycles. The molecule has 1 aromatic rings. The lowest BCUT2D eigenvalue weighted by molar-refractivity contribution is 0.0944. The van der Waals surface area contributed by atoms with Crippen molar-refractivity contribution in [2.75, 3.05) is 30.5 Å². The second kappa shape index (κ2) is 6.83. The molecule has 3 N–H and O–H groups in total. The Morgan fingerprint density at radius 2 is 2.35 bits per heavy atom. The van der Waals surface area contributed by atoms with Crippen molar-refractivity contribution in [1.29, 1.82) is 0 Å². The number of thioether (sulfide) groups is 1. The molecule has 0 radical (unpaired) electrons. The van der Waals surface area contributed by atoms with Crippen LogP contribution < -0.4 is 11.1 Å². The minimum absolute atomic E-state index is 0.0309. The second-order valence-electron chi connectivity index (χ2n) is 5.24. The number of carbonyl (C=O) groups excluding carboxylic acids is 1. The molecule has 0 spiro atoms. The number of nitrogens with one attached hydrogen (secondary N) is 1. The van der Waals surface area contributed by atoms with Crippen LogP contribution in [0.25, 0.3) is 0 Å². The van der Waals surface area contributed by atoms with Gasteiger partial charge >= 0.3 is 0 Å². The van der Waals surface area contributed by atoms with Gasteiger partial charge in [-0.25, -0.2) is 0 Å². The number of anilines is 2. The first-order chi connectivity index (χ1) is 9.54. The van der Waals surface area contributed by atoms with Crippen LogP contribution in [-0.2, 0) is 4.74 Å². The predicted octanol–water partition coefficient (Wildman–Crippen LogP) is 3.48. The largest absolute Gasteiger partial charge is 0.396 e. The zero-order valence-corrected chi connectivity index (χ0v) is 13.8. The van der Waals surface area contributed by atoms with Gasteiger partial charge in [0.1, 0.15) is 5.00 Å². The maximum absolute atomic E-state index is 12.2. The summed E-state index contributed by atoms with van der Waals surface area (Å²) < 4.78 is 5.61. The SMILES string of the molecule is CSc1c(NCC2CCCO2)sc(C(=O)C(C)C)c1N. The molecule has 0 saturated carbocycles. The van der Waals surface area contributed by atoms with E-state index in [9.17, 15) is 4.79 Å². The molecule has 2 rings (SSSR count). The van der Waals surface area contributed by atoms with Gasteiger partial charge in [0.25, 0.3) is 0 Å². The van der Waals surface area contributed by atoms with Gasteiger partial charge in [0.05, 0.1) is 21.6 Å². The van der Waals surface area contributed by atoms with Crippen LogP contribution in [0.2, 0.25) is 0 Å². The Kier molecular flexibility index (Phi) is 5.35. The zero-order valence-electron chi connectivity index (χ0n) is 12.2. The maximum atomic E-state index is 12.2. The molecule has 1 atom stereocenters. The number of rotatable bonds is 6. The van der Waals surface area contributed by atoms with Crippen molar-refractivity contribution in [3.63, 3.8) is 0 Å². The highest BCUT2D eigenvalue weighted by atomic mass is 32.2. The Morgan fingerprint density at radius 1 is 1.60 bits per heavy atom. The minimum atomic E-state index is -0.0309. The van der Waals surface area contributed by atoms with E-state index in [1.54, 1.807) is 11.8 Å². The number of hydrogen-bond acceptors (Lipinski definition) is 6. The number of ketones is 1. The number of hydrogen-bond donors (Lipinski definition) is 2. The van der Waals surface area contributed by atoms with E-state index in [0.717, 1.165) is 35.9 Å². The number of carbonyl (C=O) groups is 1. The molecular formula is C14H22N2O2S2. The van der Waals surface area contributed by atoms with Crippen molar-refractivity contribution in [3.8, 4) is 0 Å². The summed E-state index contributed by atoms with van der Waals surface area (Å²) in [5.41, 5.74) is 6.76. The molecule has 0 amide bonds. The van der Waals surface area contributed by atoms with Crippen LogP contribution in [0.1, 0.15) is 36.4 Å². The molecule has 1 aliphatic rings. The molecule has 1 fully saturated rings. The average Bonchev–Trinajstić information content (AvgIpc) is 3.03. The van der Waals surface area contributed by atoms with Crippen LogP contribution >= 0.6 is 23.1 Å². The van der Waals surface area contributed by atoms with Crippen LogP contribution in [0.5, 0.6) is 0 Å². The lowest BCUT2D eigenvalue weighted by Gasteiger charge is -2.11. The molecule has 1 unspecified atom stereocenters. The number of Topliss-reactive ketones (excluding diaryl/α,β-unsaturated/α-hetero) is 1. The lowest BCUT2D eigenvalue weighted by atomic mass is 10.1. The first-order valence-corrected chi connectivity index (χ1v) is 8.94. The van der Waals surface area contributed by atoms with Crippen LogP contribution in [0, 0.1) is 5.92 Å². The maximum Gasteiger partial charge on any atom is 0.177 e. The van der Waals surface area contributed by atoms with Gasteiger partial charge in [-0.1, -0.05) is 13.8 Å². The van der Waals surface area contributed by atoms with Crippen molar-refractivity contribution in [2.45, 2.75) is 37.7 Å². The van der Waals surface area contributed by atoms with E-state index in [-0.39, 0.29) is 17.8 Å². The van der Waals surface area contributed by atoms with E-state index in [4.69, 9.17) is 10.5 Å². The Hall–Kier alpha value is -0.720. The molecule has 0 aromatic carbocycles. The zero-order chi connectivity index (χ0) is 14.7. The smallest absolute Gasteiger partial charge is 0.177 e. The van der Waals surface area contributed by atoms with Gasteiger partial charge in [-0.3, -0.25) is 4.79 Å². The van der Waals surface area contributed by atoms with Gasteiger partial charge in [0.2, 0.25) is 0 Å². The van der Waals surface area contributed by atoms with Crippen LogP contribution in [0.15, 0.2) is 4.90 Å². The number of nitrogens with two attached hydrogens (primary N) is 1. The van der Waals surface area contributed by atoms with Gasteiger partial charge in [-0.2, -0.15) is 0 Å². The van der Waals surface area contributed by atoms with E-state index in [1.807, 2.05) is 20.1 Å². The molecule has 1 saturated heterocycles. The summed E-state index contributed by atoms with van der Waals surface area (Å²) in [7, 11) is 0. The summed E-state index contributed by atoms with van der Waals surface area (Å²) in [5, 5.41) is 4.40. The molecule has 2 heterocycles. The van der Waals surface area contributed by atoms with Crippen molar-refractivity contribution < 1.29 is 9.53 Å². The van der Waals surface area contributed by atoms with E-state index < -0.39 is 0 Å². The fraction of sp³-hybridized carbons (Fsp3) is 0.643. The van der Waals surface area contributed by atoms with E-state index in [0.29, 0.717) is 10.6 Å². The highest BCUT2D eigenvalue weighted by Gasteiger charge is 2.23. The molecule has 6 heteroatoms. The van der Waals surface area contributed by atoms with Gasteiger partial charge in [-0.15, -0.1) is 23.1 Å². The Bertz CT molecular complexity index is 480. The van der Waals surface area contributed by atoms with Crippen molar-refractivity contribution in [2.24, 2.45) is 5.92 Å². The number of nitrogen functional groups attached to an aromatic ring is 1. The molecular weight excluding hydrogens is 292 g/mol. The highest BCUT2D eigenvalue weighted by molar-refractivity contribution is 7.99. The third kappa shape index (κ3) is 3.30. The highest BCUT2D eigenvalue weighted by Crippen LogP contribution is 2.42. The van der Waals surface area contributed by atoms with E-state index in [2.05, 4.69) is 5.32 Å². The Balaban J connectivity index is 2.14. The molecule has 0 bridgehead atoms. The summed E-state index contributed by atoms with van der Waals surface area (Å²) in [4.78, 5) is 13.8. The molecule has 112 valence electrons. The van der Waals surface area contributed by atoms with E-state index in [1.165, 1.54) is 11.3 Å². The van der Waals surface area contributed by atoms with Gasteiger partial charge in [0.15, 0.2) is 5.78 Å². The van der Waals surface area contributed by atoms with Crippen molar-refractivity contribution in [3.05, 3.63) is 4.88 Å². The van der Waals surface area contributed by atoms with Crippen molar-refractivity contribution in [1.82, 2.24) is 0 Å². The molecule has 4 nitrogen and oxygen atoms in total. The Morgan fingerprint density at radius 3 is 2.90 bits per heavy atom. The lowest BCUT2D eigenvalue weighted by Crippen LogP contribution is -2.18. The third-order valence-corrected chi connectivity index (χ3v) is 5.51. The fourth-order valence-electron chi connectivity index (χ4n) is 2.20. The van der Waals surface area contributed by atoms with Crippen LogP contribution in [0.4, 0.5) is 10.7 Å². The molecule has 0 aliphatic carbocycles. The van der Waals surface area contributed by atoms with Crippen LogP contribution in [0.3, 0.4) is 0 Å². The topological polar surface area (TPSA) is 64.3 Å². The summed E-state index contributed by atoms with van der Waals surface area (Å²) >= 11 is 3.05. The van der Waals surface area contributed by atoms with Gasteiger partial charge < -0.3 is 15.8 Å². The van der Waals surface area contributed by atoms with Gasteiger partial charge in [-0.05, 0) is 19.1 Å². The minimum Gasteiger partial charge on any atom is -0.396 e. The van der Waals surface area contributed by atoms with E-state index >= 15 is 0 Å². The summed E-state index contributed by atoms with van der Waals surface area (Å²) in [6.45, 7) is 5.44. The second-order valence-corrected chi connectivity index (χ2v) is 7.08. The van der Waals surface area contributed by atoms with Crippen LogP contribution in [-0.4, -0.2) is 31.3 Å². The molecule has 1 aliphatic heterocycles. The first kappa shape index (κ1) is 15.7. The quantitative estimate of drug-likeness (QED) is 0.621. The third-order valence-electron chi connectivity index (χ3n) is 3.37.